The molecule has 0 radical (unpaired) electrons. The van der Waals surface area contributed by atoms with Crippen LogP contribution in [0.3, 0.4) is 0 Å². The Hall–Kier alpha value is -2.48. The van der Waals surface area contributed by atoms with Crippen LogP contribution >= 0.6 is 0 Å². The fourth-order valence-corrected chi connectivity index (χ4v) is 2.23. The highest BCUT2D eigenvalue weighted by Crippen LogP contribution is 2.27. The van der Waals surface area contributed by atoms with Gasteiger partial charge in [-0.1, -0.05) is 30.3 Å². The van der Waals surface area contributed by atoms with Crippen molar-refractivity contribution >= 4 is 27.8 Å². The minimum absolute atomic E-state index is 0.788. The second-order valence-corrected chi connectivity index (χ2v) is 4.68. The molecule has 0 atom stereocenters. The number of nitrogens with two attached hydrogens (primary N) is 1. The highest BCUT2D eigenvalue weighted by Gasteiger charge is 2.04. The van der Waals surface area contributed by atoms with Crippen molar-refractivity contribution in [3.63, 3.8) is 0 Å². The van der Waals surface area contributed by atoms with E-state index in [0.29, 0.717) is 0 Å². The minimum Gasteiger partial charge on any atom is -0.399 e. The molecule has 3 rings (SSSR count). The summed E-state index contributed by atoms with van der Waals surface area (Å²) in [5, 5.41) is 2.51. The Kier molecular flexibility index (Phi) is 2.84. The first-order valence-electron chi connectivity index (χ1n) is 6.32. The molecule has 0 aromatic heterocycles. The zero-order chi connectivity index (χ0) is 13.2. The van der Waals surface area contributed by atoms with Crippen molar-refractivity contribution in [3.8, 4) is 0 Å². The third-order valence-electron chi connectivity index (χ3n) is 3.40. The van der Waals surface area contributed by atoms with Gasteiger partial charge in [-0.3, -0.25) is 0 Å². The van der Waals surface area contributed by atoms with E-state index in [1.165, 1.54) is 16.5 Å². The summed E-state index contributed by atoms with van der Waals surface area (Å²) < 4.78 is 0. The third kappa shape index (κ3) is 2.25. The van der Waals surface area contributed by atoms with Crippen LogP contribution in [0.1, 0.15) is 0 Å². The molecule has 3 aromatic rings. The van der Waals surface area contributed by atoms with Crippen molar-refractivity contribution in [2.24, 2.45) is 0 Å². The molecular formula is C17H16N2. The molecule has 0 saturated heterocycles. The van der Waals surface area contributed by atoms with E-state index in [2.05, 4.69) is 54.4 Å². The molecule has 2 N–H and O–H groups in total. The summed E-state index contributed by atoms with van der Waals surface area (Å²) >= 11 is 0. The summed E-state index contributed by atoms with van der Waals surface area (Å²) in [5.74, 6) is 0. The molecule has 0 heterocycles. The van der Waals surface area contributed by atoms with Gasteiger partial charge in [0.1, 0.15) is 0 Å². The summed E-state index contributed by atoms with van der Waals surface area (Å²) in [6, 6.07) is 22.8. The third-order valence-corrected chi connectivity index (χ3v) is 3.40. The van der Waals surface area contributed by atoms with Gasteiger partial charge in [0, 0.05) is 24.1 Å². The number of hydrogen-bond acceptors (Lipinski definition) is 2. The average Bonchev–Trinajstić information content (AvgIpc) is 2.47. The van der Waals surface area contributed by atoms with Gasteiger partial charge >= 0.3 is 0 Å². The van der Waals surface area contributed by atoms with Gasteiger partial charge in [-0.25, -0.2) is 0 Å². The van der Waals surface area contributed by atoms with Crippen molar-refractivity contribution in [2.75, 3.05) is 17.7 Å². The van der Waals surface area contributed by atoms with Crippen molar-refractivity contribution in [1.82, 2.24) is 0 Å². The van der Waals surface area contributed by atoms with Crippen LogP contribution in [0.15, 0.2) is 66.7 Å². The van der Waals surface area contributed by atoms with E-state index in [4.69, 9.17) is 5.73 Å². The fraction of sp³-hybridized carbons (Fsp3) is 0.0588. The number of nitrogen functional groups attached to an aromatic ring is 1. The Balaban J connectivity index is 2.01. The number of anilines is 3. The van der Waals surface area contributed by atoms with Gasteiger partial charge in [0.05, 0.1) is 0 Å². The maximum atomic E-state index is 5.72. The number of fused-ring (bicyclic) bond motifs is 1. The van der Waals surface area contributed by atoms with Crippen LogP contribution in [0.5, 0.6) is 0 Å². The van der Waals surface area contributed by atoms with Crippen LogP contribution in [0.2, 0.25) is 0 Å². The quantitative estimate of drug-likeness (QED) is 0.689. The molecule has 19 heavy (non-hydrogen) atoms. The molecule has 0 saturated carbocycles. The second-order valence-electron chi connectivity index (χ2n) is 4.68. The predicted molar refractivity (Wildman–Crippen MR) is 82.9 cm³/mol. The van der Waals surface area contributed by atoms with Gasteiger partial charge in [-0.15, -0.1) is 0 Å². The molecule has 0 unspecified atom stereocenters. The zero-order valence-electron chi connectivity index (χ0n) is 10.9. The zero-order valence-corrected chi connectivity index (χ0v) is 10.9. The topological polar surface area (TPSA) is 29.3 Å². The molecule has 3 aromatic carbocycles. The molecule has 0 aliphatic heterocycles. The van der Waals surface area contributed by atoms with Gasteiger partial charge in [0.15, 0.2) is 0 Å². The maximum absolute atomic E-state index is 5.72. The lowest BCUT2D eigenvalue weighted by Gasteiger charge is -2.20. The molecule has 0 aliphatic rings. The lowest BCUT2D eigenvalue weighted by Crippen LogP contribution is -2.09. The Morgan fingerprint density at radius 3 is 2.11 bits per heavy atom. The average molecular weight is 248 g/mol. The molecule has 2 nitrogen and oxygen atoms in total. The Morgan fingerprint density at radius 2 is 1.37 bits per heavy atom. The van der Waals surface area contributed by atoms with Crippen molar-refractivity contribution in [3.05, 3.63) is 66.7 Å². The van der Waals surface area contributed by atoms with Gasteiger partial charge in [0.25, 0.3) is 0 Å². The monoisotopic (exact) mass is 248 g/mol. The second kappa shape index (κ2) is 4.65. The van der Waals surface area contributed by atoms with Gasteiger partial charge in [-0.2, -0.15) is 0 Å². The summed E-state index contributed by atoms with van der Waals surface area (Å²) in [4.78, 5) is 2.16. The fourth-order valence-electron chi connectivity index (χ4n) is 2.23. The number of rotatable bonds is 2. The van der Waals surface area contributed by atoms with Crippen LogP contribution in [0.4, 0.5) is 17.1 Å². The Labute approximate surface area is 113 Å². The molecule has 2 heteroatoms. The van der Waals surface area contributed by atoms with Gasteiger partial charge < -0.3 is 10.6 Å². The Morgan fingerprint density at radius 1 is 0.737 bits per heavy atom. The van der Waals surface area contributed by atoms with Crippen molar-refractivity contribution in [1.29, 1.82) is 0 Å². The molecule has 0 spiro atoms. The standard InChI is InChI=1S/C17H16N2/c1-19(16-10-7-15(18)8-11-16)17-9-6-13-4-2-3-5-14(13)12-17/h2-12H,18H2,1H3. The molecule has 94 valence electrons. The lowest BCUT2D eigenvalue weighted by atomic mass is 10.1. The normalized spacial score (nSPS) is 10.6. The van der Waals surface area contributed by atoms with E-state index in [1.807, 2.05) is 24.3 Å². The lowest BCUT2D eigenvalue weighted by molar-refractivity contribution is 1.21. The van der Waals surface area contributed by atoms with Crippen molar-refractivity contribution in [2.45, 2.75) is 0 Å². The summed E-state index contributed by atoms with van der Waals surface area (Å²) in [6.07, 6.45) is 0. The first kappa shape index (κ1) is 11.6. The van der Waals surface area contributed by atoms with E-state index in [1.54, 1.807) is 0 Å². The highest BCUT2D eigenvalue weighted by atomic mass is 15.1. The van der Waals surface area contributed by atoms with E-state index in [0.717, 1.165) is 11.4 Å². The van der Waals surface area contributed by atoms with Gasteiger partial charge in [-0.05, 0) is 47.2 Å². The molecule has 0 aliphatic carbocycles. The van der Waals surface area contributed by atoms with Crippen molar-refractivity contribution < 1.29 is 0 Å². The molecule has 0 amide bonds. The summed E-state index contributed by atoms with van der Waals surface area (Å²) in [5.41, 5.74) is 8.81. The maximum Gasteiger partial charge on any atom is 0.0414 e. The summed E-state index contributed by atoms with van der Waals surface area (Å²) in [6.45, 7) is 0. The SMILES string of the molecule is CN(c1ccc(N)cc1)c1ccc2ccccc2c1. The smallest absolute Gasteiger partial charge is 0.0414 e. The van der Waals surface area contributed by atoms with E-state index in [9.17, 15) is 0 Å². The minimum atomic E-state index is 0.788. The number of nitrogens with zero attached hydrogens (tertiary/aromatic N) is 1. The van der Waals surface area contributed by atoms with Crippen LogP contribution < -0.4 is 10.6 Å². The molecule has 0 bridgehead atoms. The highest BCUT2D eigenvalue weighted by molar-refractivity contribution is 5.86. The van der Waals surface area contributed by atoms with Crippen LogP contribution in [0, 0.1) is 0 Å². The Bertz CT molecular complexity index is 702. The van der Waals surface area contributed by atoms with Gasteiger partial charge in [0.2, 0.25) is 0 Å². The number of benzene rings is 3. The van der Waals surface area contributed by atoms with Crippen LogP contribution in [-0.4, -0.2) is 7.05 Å². The van der Waals surface area contributed by atoms with E-state index < -0.39 is 0 Å². The van der Waals surface area contributed by atoms with E-state index in [-0.39, 0.29) is 0 Å². The molecule has 0 fully saturated rings. The first-order valence-corrected chi connectivity index (χ1v) is 6.32. The largest absolute Gasteiger partial charge is 0.399 e. The van der Waals surface area contributed by atoms with E-state index >= 15 is 0 Å². The van der Waals surface area contributed by atoms with Crippen LogP contribution in [0.25, 0.3) is 10.8 Å². The number of hydrogen-bond donors (Lipinski definition) is 1. The molecular weight excluding hydrogens is 232 g/mol. The predicted octanol–water partition coefficient (Wildman–Crippen LogP) is 4.19. The van der Waals surface area contributed by atoms with Crippen LogP contribution in [-0.2, 0) is 0 Å². The summed E-state index contributed by atoms with van der Waals surface area (Å²) in [7, 11) is 2.07. The first-order chi connectivity index (χ1) is 9.24.